The summed E-state index contributed by atoms with van der Waals surface area (Å²) in [5.41, 5.74) is 3.04. The molecule has 0 radical (unpaired) electrons. The summed E-state index contributed by atoms with van der Waals surface area (Å²) in [6.07, 6.45) is 12.3. The van der Waals surface area contributed by atoms with Gasteiger partial charge in [0.15, 0.2) is 5.78 Å². The van der Waals surface area contributed by atoms with Crippen LogP contribution in [0.4, 0.5) is 0 Å². The highest BCUT2D eigenvalue weighted by Gasteiger charge is 2.78. The number of rotatable bonds is 0. The molecule has 0 aromatic carbocycles. The molecule has 6 rings (SSSR count). The Balaban J connectivity index is 1.45. The SMILES string of the molecule is CC12CCC(=O)C=C1CCC1C2=CCC2(C)C1C1CC1C21CCC(=O)O1. The lowest BCUT2D eigenvalue weighted by Gasteiger charge is -2.56. The second-order valence-electron chi connectivity index (χ2n) is 10.3. The zero-order valence-corrected chi connectivity index (χ0v) is 15.8. The fraction of sp³-hybridized carbons (Fsp3) is 0.739. The van der Waals surface area contributed by atoms with Crippen molar-refractivity contribution in [3.63, 3.8) is 0 Å². The molecular formula is C23H28O3. The number of carbonyl (C=O) groups is 2. The minimum Gasteiger partial charge on any atom is -0.458 e. The van der Waals surface area contributed by atoms with E-state index >= 15 is 0 Å². The van der Waals surface area contributed by atoms with Crippen molar-refractivity contribution in [2.45, 2.75) is 70.8 Å². The van der Waals surface area contributed by atoms with Crippen molar-refractivity contribution in [1.82, 2.24) is 0 Å². The van der Waals surface area contributed by atoms with Crippen molar-refractivity contribution in [3.8, 4) is 0 Å². The van der Waals surface area contributed by atoms with E-state index in [9.17, 15) is 9.59 Å². The summed E-state index contributed by atoms with van der Waals surface area (Å²) >= 11 is 0. The third kappa shape index (κ3) is 1.59. The van der Waals surface area contributed by atoms with Crippen molar-refractivity contribution in [1.29, 1.82) is 0 Å². The van der Waals surface area contributed by atoms with E-state index in [-0.39, 0.29) is 22.4 Å². The smallest absolute Gasteiger partial charge is 0.306 e. The Morgan fingerprint density at radius 1 is 1.12 bits per heavy atom. The summed E-state index contributed by atoms with van der Waals surface area (Å²) in [6.45, 7) is 4.81. The number of hydrogen-bond acceptors (Lipinski definition) is 3. The van der Waals surface area contributed by atoms with Gasteiger partial charge in [-0.15, -0.1) is 0 Å². The lowest BCUT2D eigenvalue weighted by Crippen LogP contribution is -2.53. The zero-order valence-electron chi connectivity index (χ0n) is 15.8. The van der Waals surface area contributed by atoms with Crippen LogP contribution in [0.3, 0.4) is 0 Å². The minimum absolute atomic E-state index is 0.0268. The van der Waals surface area contributed by atoms with Gasteiger partial charge in [0.25, 0.3) is 0 Å². The van der Waals surface area contributed by atoms with Gasteiger partial charge in [0, 0.05) is 29.6 Å². The van der Waals surface area contributed by atoms with Gasteiger partial charge in [-0.1, -0.05) is 31.1 Å². The van der Waals surface area contributed by atoms with Gasteiger partial charge in [-0.25, -0.2) is 0 Å². The Labute approximate surface area is 155 Å². The van der Waals surface area contributed by atoms with Crippen LogP contribution in [0.5, 0.6) is 0 Å². The molecule has 7 unspecified atom stereocenters. The quantitative estimate of drug-likeness (QED) is 0.480. The summed E-state index contributed by atoms with van der Waals surface area (Å²) < 4.78 is 6.14. The fourth-order valence-electron chi connectivity index (χ4n) is 8.22. The van der Waals surface area contributed by atoms with E-state index in [0.29, 0.717) is 36.4 Å². The highest BCUT2D eigenvalue weighted by atomic mass is 16.6. The van der Waals surface area contributed by atoms with Gasteiger partial charge in [0.05, 0.1) is 0 Å². The first kappa shape index (κ1) is 15.7. The first-order valence-corrected chi connectivity index (χ1v) is 10.6. The second kappa shape index (κ2) is 4.54. The molecule has 7 atom stereocenters. The van der Waals surface area contributed by atoms with Gasteiger partial charge in [-0.05, 0) is 62.4 Å². The summed E-state index contributed by atoms with van der Waals surface area (Å²) in [5.74, 6) is 2.98. The number of carbonyl (C=O) groups excluding carboxylic acids is 2. The van der Waals surface area contributed by atoms with Crippen LogP contribution in [0.25, 0.3) is 0 Å². The molecule has 4 fully saturated rings. The third-order valence-electron chi connectivity index (χ3n) is 9.46. The summed E-state index contributed by atoms with van der Waals surface area (Å²) in [6, 6.07) is 0. The van der Waals surface area contributed by atoms with Crippen LogP contribution in [-0.4, -0.2) is 17.4 Å². The molecule has 6 aliphatic rings. The Kier molecular flexibility index (Phi) is 2.73. The predicted molar refractivity (Wildman–Crippen MR) is 97.1 cm³/mol. The largest absolute Gasteiger partial charge is 0.458 e. The van der Waals surface area contributed by atoms with Gasteiger partial charge in [-0.2, -0.15) is 0 Å². The number of hydrogen-bond donors (Lipinski definition) is 0. The summed E-state index contributed by atoms with van der Waals surface area (Å²) in [4.78, 5) is 24.0. The number of esters is 1. The standard InChI is InChI=1S/C23H28O3/c1-21-8-5-14(24)11-13(21)3-4-15-17(21)6-9-22(2)20(15)16-12-18(16)23(22)10-7-19(25)26-23/h6,11,15-16,18,20H,3-5,7-10,12H2,1-2H3. The lowest BCUT2D eigenvalue weighted by atomic mass is 9.49. The summed E-state index contributed by atoms with van der Waals surface area (Å²) in [7, 11) is 0. The lowest BCUT2D eigenvalue weighted by molar-refractivity contribution is -0.165. The first-order chi connectivity index (χ1) is 12.4. The topological polar surface area (TPSA) is 43.4 Å². The molecule has 3 heteroatoms. The van der Waals surface area contributed by atoms with Crippen molar-refractivity contribution < 1.29 is 14.3 Å². The van der Waals surface area contributed by atoms with Gasteiger partial charge in [0.1, 0.15) is 5.60 Å². The molecule has 1 saturated heterocycles. The number of allylic oxidation sites excluding steroid dienone is 4. The number of ketones is 1. The number of ether oxygens (including phenoxy) is 1. The van der Waals surface area contributed by atoms with Crippen LogP contribution < -0.4 is 0 Å². The van der Waals surface area contributed by atoms with Crippen molar-refractivity contribution in [2.75, 3.05) is 0 Å². The molecule has 138 valence electrons. The molecule has 1 spiro atoms. The van der Waals surface area contributed by atoms with Crippen LogP contribution in [0.2, 0.25) is 0 Å². The first-order valence-electron chi connectivity index (χ1n) is 10.6. The molecule has 0 bridgehead atoms. The molecule has 0 amide bonds. The van der Waals surface area contributed by atoms with Crippen LogP contribution in [0.15, 0.2) is 23.3 Å². The Morgan fingerprint density at radius 2 is 1.96 bits per heavy atom. The molecule has 5 aliphatic carbocycles. The fourth-order valence-corrected chi connectivity index (χ4v) is 8.22. The van der Waals surface area contributed by atoms with Gasteiger partial charge in [-0.3, -0.25) is 9.59 Å². The van der Waals surface area contributed by atoms with E-state index in [1.165, 1.54) is 18.4 Å². The number of fused-ring (bicyclic) bond motifs is 9. The molecule has 1 aliphatic heterocycles. The molecule has 0 aromatic rings. The molecule has 26 heavy (non-hydrogen) atoms. The second-order valence-corrected chi connectivity index (χ2v) is 10.3. The Hall–Kier alpha value is -1.38. The third-order valence-corrected chi connectivity index (χ3v) is 9.46. The average molecular weight is 352 g/mol. The minimum atomic E-state index is -0.180. The maximum Gasteiger partial charge on any atom is 0.306 e. The van der Waals surface area contributed by atoms with Crippen molar-refractivity contribution in [3.05, 3.63) is 23.3 Å². The normalized spacial score (nSPS) is 53.9. The molecule has 3 saturated carbocycles. The van der Waals surface area contributed by atoms with Crippen LogP contribution in [0, 0.1) is 34.5 Å². The van der Waals surface area contributed by atoms with E-state index in [4.69, 9.17) is 4.74 Å². The van der Waals surface area contributed by atoms with Gasteiger partial charge >= 0.3 is 5.97 Å². The molecular weight excluding hydrogens is 324 g/mol. The molecule has 3 nitrogen and oxygen atoms in total. The zero-order chi connectivity index (χ0) is 17.9. The van der Waals surface area contributed by atoms with E-state index < -0.39 is 0 Å². The van der Waals surface area contributed by atoms with Crippen LogP contribution in [-0.2, 0) is 14.3 Å². The summed E-state index contributed by atoms with van der Waals surface area (Å²) in [5, 5.41) is 0. The van der Waals surface area contributed by atoms with Gasteiger partial charge in [0.2, 0.25) is 0 Å². The van der Waals surface area contributed by atoms with E-state index in [0.717, 1.165) is 31.6 Å². The van der Waals surface area contributed by atoms with Crippen molar-refractivity contribution in [2.24, 2.45) is 34.5 Å². The molecule has 0 N–H and O–H groups in total. The van der Waals surface area contributed by atoms with Crippen molar-refractivity contribution >= 4 is 11.8 Å². The Bertz CT molecular complexity index is 806. The highest BCUT2D eigenvalue weighted by molar-refractivity contribution is 5.92. The van der Waals surface area contributed by atoms with Gasteiger partial charge < -0.3 is 4.74 Å². The maximum atomic E-state index is 12.1. The van der Waals surface area contributed by atoms with Crippen LogP contribution in [0.1, 0.15) is 65.2 Å². The monoisotopic (exact) mass is 352 g/mol. The predicted octanol–water partition coefficient (Wildman–Crippen LogP) is 4.37. The highest BCUT2D eigenvalue weighted by Crippen LogP contribution is 2.78. The molecule has 0 aromatic heterocycles. The van der Waals surface area contributed by atoms with E-state index in [1.807, 2.05) is 6.08 Å². The van der Waals surface area contributed by atoms with Crippen LogP contribution >= 0.6 is 0 Å². The average Bonchev–Trinajstić information content (AvgIpc) is 3.24. The molecule has 1 heterocycles. The maximum absolute atomic E-state index is 12.1. The van der Waals surface area contributed by atoms with E-state index in [2.05, 4.69) is 19.9 Å². The van der Waals surface area contributed by atoms with E-state index in [1.54, 1.807) is 5.57 Å². The Morgan fingerprint density at radius 3 is 2.73 bits per heavy atom.